The van der Waals surface area contributed by atoms with E-state index in [-0.39, 0.29) is 12.0 Å². The van der Waals surface area contributed by atoms with Crippen LogP contribution in [0.2, 0.25) is 0 Å². The number of rotatable bonds is 7. The summed E-state index contributed by atoms with van der Waals surface area (Å²) < 4.78 is 7.47. The maximum Gasteiger partial charge on any atom is 0.272 e. The van der Waals surface area contributed by atoms with Gasteiger partial charge in [0.2, 0.25) is 0 Å². The summed E-state index contributed by atoms with van der Waals surface area (Å²) in [5.41, 5.74) is 1.76. The van der Waals surface area contributed by atoms with E-state index in [0.717, 1.165) is 25.0 Å². The predicted molar refractivity (Wildman–Crippen MR) is 98.3 cm³/mol. The first-order valence-electron chi connectivity index (χ1n) is 8.92. The maximum absolute atomic E-state index is 13.0. The smallest absolute Gasteiger partial charge is 0.272 e. The third-order valence-corrected chi connectivity index (χ3v) is 4.41. The number of aryl methyl sites for hydroxylation is 1. The van der Waals surface area contributed by atoms with Crippen molar-refractivity contribution < 1.29 is 9.53 Å². The molecule has 0 bridgehead atoms. The lowest BCUT2D eigenvalue weighted by atomic mass is 10.2. The number of benzene rings is 1. The molecule has 1 aliphatic rings. The standard InChI is InChI=1S/C20H25N3O2/c1-2-23-19(12-13-21-23)20(24)22(16-18-11-7-15-25-18)14-6-10-17-8-4-3-5-9-17/h3-6,8-10,12-13,18H,2,7,11,14-16H2,1H3/b10-6+/t18-/m1/s1. The molecule has 2 heterocycles. The molecule has 2 aromatic rings. The molecule has 1 aromatic carbocycles. The Balaban J connectivity index is 1.72. The van der Waals surface area contributed by atoms with E-state index in [0.29, 0.717) is 25.3 Å². The van der Waals surface area contributed by atoms with Crippen LogP contribution in [0.1, 0.15) is 35.8 Å². The Morgan fingerprint density at radius 1 is 1.36 bits per heavy atom. The van der Waals surface area contributed by atoms with Crippen molar-refractivity contribution in [3.63, 3.8) is 0 Å². The monoisotopic (exact) mass is 339 g/mol. The van der Waals surface area contributed by atoms with Crippen LogP contribution >= 0.6 is 0 Å². The molecule has 25 heavy (non-hydrogen) atoms. The molecule has 0 radical (unpaired) electrons. The molecule has 5 heteroatoms. The average Bonchev–Trinajstić information content (AvgIpc) is 3.32. The second kappa shape index (κ2) is 8.62. The zero-order valence-corrected chi connectivity index (χ0v) is 14.7. The van der Waals surface area contributed by atoms with Crippen LogP contribution in [-0.4, -0.2) is 46.4 Å². The molecular weight excluding hydrogens is 314 g/mol. The minimum atomic E-state index is 0.00700. The van der Waals surface area contributed by atoms with Crippen LogP contribution in [0.3, 0.4) is 0 Å². The number of carbonyl (C=O) groups is 1. The summed E-state index contributed by atoms with van der Waals surface area (Å²) >= 11 is 0. The van der Waals surface area contributed by atoms with Gasteiger partial charge in [-0.2, -0.15) is 5.10 Å². The highest BCUT2D eigenvalue weighted by atomic mass is 16.5. The number of carbonyl (C=O) groups excluding carboxylic acids is 1. The molecule has 1 aromatic heterocycles. The summed E-state index contributed by atoms with van der Waals surface area (Å²) in [4.78, 5) is 14.9. The Bertz CT molecular complexity index is 703. The van der Waals surface area contributed by atoms with Gasteiger partial charge < -0.3 is 9.64 Å². The van der Waals surface area contributed by atoms with Crippen molar-refractivity contribution in [1.82, 2.24) is 14.7 Å². The highest BCUT2D eigenvalue weighted by molar-refractivity contribution is 5.92. The van der Waals surface area contributed by atoms with E-state index in [1.165, 1.54) is 0 Å². The first-order chi connectivity index (χ1) is 12.3. The highest BCUT2D eigenvalue weighted by Gasteiger charge is 2.24. The van der Waals surface area contributed by atoms with Gasteiger partial charge >= 0.3 is 0 Å². The Kier molecular flexibility index (Phi) is 6.01. The quantitative estimate of drug-likeness (QED) is 0.778. The van der Waals surface area contributed by atoms with Gasteiger partial charge in [-0.15, -0.1) is 0 Å². The van der Waals surface area contributed by atoms with E-state index in [9.17, 15) is 4.79 Å². The molecule has 0 saturated carbocycles. The van der Waals surface area contributed by atoms with Gasteiger partial charge in [0.25, 0.3) is 5.91 Å². The molecule has 5 nitrogen and oxygen atoms in total. The summed E-state index contributed by atoms with van der Waals surface area (Å²) in [5, 5.41) is 4.22. The summed E-state index contributed by atoms with van der Waals surface area (Å²) in [7, 11) is 0. The molecule has 3 rings (SSSR count). The first-order valence-corrected chi connectivity index (χ1v) is 8.92. The van der Waals surface area contributed by atoms with Gasteiger partial charge in [0.15, 0.2) is 0 Å². The number of hydrogen-bond donors (Lipinski definition) is 0. The highest BCUT2D eigenvalue weighted by Crippen LogP contribution is 2.15. The maximum atomic E-state index is 13.0. The molecule has 1 aliphatic heterocycles. The molecule has 0 unspecified atom stereocenters. The van der Waals surface area contributed by atoms with E-state index in [1.807, 2.05) is 42.2 Å². The normalized spacial score (nSPS) is 17.2. The first kappa shape index (κ1) is 17.4. The van der Waals surface area contributed by atoms with Crippen molar-refractivity contribution in [1.29, 1.82) is 0 Å². The second-order valence-corrected chi connectivity index (χ2v) is 6.19. The fraction of sp³-hybridized carbons (Fsp3) is 0.400. The number of aromatic nitrogens is 2. The Morgan fingerprint density at radius 3 is 2.92 bits per heavy atom. The molecule has 132 valence electrons. The predicted octanol–water partition coefficient (Wildman–Crippen LogP) is 3.24. The van der Waals surface area contributed by atoms with E-state index in [4.69, 9.17) is 4.74 Å². The van der Waals surface area contributed by atoms with Crippen molar-refractivity contribution in [2.24, 2.45) is 0 Å². The summed E-state index contributed by atoms with van der Waals surface area (Å²) in [5.74, 6) is 0.00700. The van der Waals surface area contributed by atoms with Crippen LogP contribution < -0.4 is 0 Å². The van der Waals surface area contributed by atoms with Crippen LogP contribution in [0.4, 0.5) is 0 Å². The van der Waals surface area contributed by atoms with Crippen LogP contribution in [-0.2, 0) is 11.3 Å². The van der Waals surface area contributed by atoms with E-state index in [1.54, 1.807) is 16.9 Å². The van der Waals surface area contributed by atoms with E-state index in [2.05, 4.69) is 17.2 Å². The molecule has 1 atom stereocenters. The zero-order valence-electron chi connectivity index (χ0n) is 14.7. The molecule has 0 spiro atoms. The topological polar surface area (TPSA) is 47.4 Å². The van der Waals surface area contributed by atoms with E-state index >= 15 is 0 Å². The van der Waals surface area contributed by atoms with Crippen LogP contribution in [0, 0.1) is 0 Å². The Morgan fingerprint density at radius 2 is 2.20 bits per heavy atom. The lowest BCUT2D eigenvalue weighted by molar-refractivity contribution is 0.0545. The average molecular weight is 339 g/mol. The SMILES string of the molecule is CCn1nccc1C(=O)N(C/C=C/c1ccccc1)C[C@H]1CCCO1. The summed E-state index contributed by atoms with van der Waals surface area (Å²) in [6, 6.07) is 11.9. The van der Waals surface area contributed by atoms with Gasteiger partial charge in [0.1, 0.15) is 5.69 Å². The second-order valence-electron chi connectivity index (χ2n) is 6.19. The fourth-order valence-electron chi connectivity index (χ4n) is 3.08. The lowest BCUT2D eigenvalue weighted by Crippen LogP contribution is -2.38. The molecule has 0 aliphatic carbocycles. The zero-order chi connectivity index (χ0) is 17.5. The van der Waals surface area contributed by atoms with Gasteiger partial charge in [-0.3, -0.25) is 9.48 Å². The minimum absolute atomic E-state index is 0.00700. The number of hydrogen-bond acceptors (Lipinski definition) is 3. The summed E-state index contributed by atoms with van der Waals surface area (Å²) in [6.45, 7) is 4.64. The molecule has 1 amide bonds. The Labute approximate surface area is 148 Å². The van der Waals surface area contributed by atoms with Crippen LogP contribution in [0.5, 0.6) is 0 Å². The number of ether oxygens (including phenoxy) is 1. The summed E-state index contributed by atoms with van der Waals surface area (Å²) in [6.07, 6.45) is 7.98. The molecule has 1 fully saturated rings. The Hall–Kier alpha value is -2.40. The van der Waals surface area contributed by atoms with Crippen molar-refractivity contribution in [3.05, 3.63) is 59.9 Å². The van der Waals surface area contributed by atoms with Crippen molar-refractivity contribution >= 4 is 12.0 Å². The number of nitrogens with zero attached hydrogens (tertiary/aromatic N) is 3. The lowest BCUT2D eigenvalue weighted by Gasteiger charge is -2.24. The van der Waals surface area contributed by atoms with Gasteiger partial charge in [0, 0.05) is 32.4 Å². The minimum Gasteiger partial charge on any atom is -0.376 e. The largest absolute Gasteiger partial charge is 0.376 e. The fourth-order valence-corrected chi connectivity index (χ4v) is 3.08. The number of amides is 1. The van der Waals surface area contributed by atoms with Crippen molar-refractivity contribution in [2.75, 3.05) is 19.7 Å². The molecule has 0 N–H and O–H groups in total. The molecule has 1 saturated heterocycles. The van der Waals surface area contributed by atoms with Crippen molar-refractivity contribution in [2.45, 2.75) is 32.4 Å². The van der Waals surface area contributed by atoms with Gasteiger partial charge in [-0.05, 0) is 31.4 Å². The van der Waals surface area contributed by atoms with Gasteiger partial charge in [0.05, 0.1) is 6.10 Å². The third-order valence-electron chi connectivity index (χ3n) is 4.41. The van der Waals surface area contributed by atoms with Crippen molar-refractivity contribution in [3.8, 4) is 0 Å². The van der Waals surface area contributed by atoms with Crippen LogP contribution in [0.25, 0.3) is 6.08 Å². The third kappa shape index (κ3) is 4.57. The van der Waals surface area contributed by atoms with E-state index < -0.39 is 0 Å². The van der Waals surface area contributed by atoms with Crippen LogP contribution in [0.15, 0.2) is 48.7 Å². The molecular formula is C20H25N3O2. The van der Waals surface area contributed by atoms with Gasteiger partial charge in [-0.1, -0.05) is 42.5 Å². The van der Waals surface area contributed by atoms with Gasteiger partial charge in [-0.25, -0.2) is 0 Å².